The van der Waals surface area contributed by atoms with Gasteiger partial charge in [-0.15, -0.1) is 6.58 Å². The summed E-state index contributed by atoms with van der Waals surface area (Å²) in [6.07, 6.45) is 3.20. The monoisotopic (exact) mass is 184 g/mol. The minimum Gasteiger partial charge on any atom is -0.381 e. The number of nitrogens with two attached hydrogens (primary N) is 1. The molecule has 3 N–H and O–H groups in total. The van der Waals surface area contributed by atoms with Crippen LogP contribution in [0.15, 0.2) is 12.2 Å². The van der Waals surface area contributed by atoms with E-state index in [0.29, 0.717) is 12.0 Å². The summed E-state index contributed by atoms with van der Waals surface area (Å²) in [5.74, 6) is 6.17. The first-order valence-corrected chi connectivity index (χ1v) is 4.92. The number of nitrogens with one attached hydrogen (secondary N) is 1. The van der Waals surface area contributed by atoms with E-state index in [-0.39, 0.29) is 0 Å². The predicted molar refractivity (Wildman–Crippen MR) is 54.1 cm³/mol. The van der Waals surface area contributed by atoms with Crippen LogP contribution in [-0.4, -0.2) is 19.3 Å². The van der Waals surface area contributed by atoms with Crippen molar-refractivity contribution in [2.45, 2.75) is 32.2 Å². The molecular weight excluding hydrogens is 164 g/mol. The Morgan fingerprint density at radius 3 is 2.69 bits per heavy atom. The molecule has 0 amide bonds. The van der Waals surface area contributed by atoms with Crippen molar-refractivity contribution in [3.63, 3.8) is 0 Å². The van der Waals surface area contributed by atoms with Gasteiger partial charge in [-0.1, -0.05) is 5.57 Å². The summed E-state index contributed by atoms with van der Waals surface area (Å²) in [7, 11) is 0. The van der Waals surface area contributed by atoms with Crippen molar-refractivity contribution in [2.75, 3.05) is 13.2 Å². The number of rotatable bonds is 4. The first-order valence-electron chi connectivity index (χ1n) is 4.92. The summed E-state index contributed by atoms with van der Waals surface area (Å²) in [4.78, 5) is 0. The zero-order chi connectivity index (χ0) is 9.68. The molecule has 3 heteroatoms. The quantitative estimate of drug-likeness (QED) is 0.392. The van der Waals surface area contributed by atoms with Crippen molar-refractivity contribution in [1.29, 1.82) is 0 Å². The highest BCUT2D eigenvalue weighted by Crippen LogP contribution is 2.21. The van der Waals surface area contributed by atoms with Gasteiger partial charge in [0.05, 0.1) is 0 Å². The number of hydrogen-bond donors (Lipinski definition) is 2. The average Bonchev–Trinajstić information content (AvgIpc) is 2.15. The molecule has 1 saturated heterocycles. The van der Waals surface area contributed by atoms with E-state index in [4.69, 9.17) is 10.6 Å². The maximum Gasteiger partial charge on any atom is 0.0469 e. The van der Waals surface area contributed by atoms with E-state index in [1.807, 2.05) is 6.92 Å². The van der Waals surface area contributed by atoms with Crippen LogP contribution in [0.4, 0.5) is 0 Å². The van der Waals surface area contributed by atoms with Crippen molar-refractivity contribution in [3.05, 3.63) is 12.2 Å². The minimum atomic E-state index is 0.376. The van der Waals surface area contributed by atoms with Gasteiger partial charge >= 0.3 is 0 Å². The van der Waals surface area contributed by atoms with Crippen LogP contribution in [0.2, 0.25) is 0 Å². The first kappa shape index (κ1) is 10.7. The molecule has 3 nitrogen and oxygen atoms in total. The molecule has 0 aliphatic carbocycles. The predicted octanol–water partition coefficient (Wildman–Crippen LogP) is 1.21. The van der Waals surface area contributed by atoms with E-state index in [1.54, 1.807) is 0 Å². The van der Waals surface area contributed by atoms with Crippen molar-refractivity contribution in [2.24, 2.45) is 11.8 Å². The molecule has 1 aliphatic rings. The number of ether oxygens (including phenoxy) is 1. The summed E-state index contributed by atoms with van der Waals surface area (Å²) in [5.41, 5.74) is 4.08. The highest BCUT2D eigenvalue weighted by atomic mass is 16.5. The van der Waals surface area contributed by atoms with Crippen LogP contribution < -0.4 is 11.3 Å². The van der Waals surface area contributed by atoms with Gasteiger partial charge in [-0.2, -0.15) is 0 Å². The topological polar surface area (TPSA) is 47.3 Å². The molecule has 1 aliphatic heterocycles. The lowest BCUT2D eigenvalue weighted by Gasteiger charge is -2.29. The number of hydrogen-bond acceptors (Lipinski definition) is 3. The maximum absolute atomic E-state index is 5.52. The molecule has 1 atom stereocenters. The van der Waals surface area contributed by atoms with E-state index < -0.39 is 0 Å². The molecule has 0 aromatic rings. The van der Waals surface area contributed by atoms with E-state index in [1.165, 1.54) is 5.57 Å². The van der Waals surface area contributed by atoms with Crippen LogP contribution in [0.5, 0.6) is 0 Å². The summed E-state index contributed by atoms with van der Waals surface area (Å²) in [5, 5.41) is 0. The zero-order valence-electron chi connectivity index (χ0n) is 8.38. The van der Waals surface area contributed by atoms with E-state index >= 15 is 0 Å². The van der Waals surface area contributed by atoms with Crippen LogP contribution in [0.3, 0.4) is 0 Å². The normalized spacial score (nSPS) is 21.4. The van der Waals surface area contributed by atoms with Crippen LogP contribution in [0.1, 0.15) is 26.2 Å². The molecule has 76 valence electrons. The fourth-order valence-corrected chi connectivity index (χ4v) is 1.86. The molecule has 0 bridgehead atoms. The second-order valence-electron chi connectivity index (χ2n) is 3.88. The SMILES string of the molecule is C=C(C)CC(NN)C1CCOCC1. The van der Waals surface area contributed by atoms with Crippen molar-refractivity contribution in [1.82, 2.24) is 5.43 Å². The summed E-state index contributed by atoms with van der Waals surface area (Å²) < 4.78 is 5.31. The second-order valence-corrected chi connectivity index (χ2v) is 3.88. The van der Waals surface area contributed by atoms with E-state index in [2.05, 4.69) is 12.0 Å². The van der Waals surface area contributed by atoms with Gasteiger partial charge in [0.1, 0.15) is 0 Å². The van der Waals surface area contributed by atoms with Gasteiger partial charge in [0.2, 0.25) is 0 Å². The molecule has 13 heavy (non-hydrogen) atoms. The molecule has 0 spiro atoms. The Labute approximate surface area is 80.3 Å². The lowest BCUT2D eigenvalue weighted by Crippen LogP contribution is -2.43. The Kier molecular flexibility index (Phi) is 4.42. The molecular formula is C10H20N2O. The Morgan fingerprint density at radius 2 is 2.23 bits per heavy atom. The third-order valence-electron chi connectivity index (χ3n) is 2.62. The van der Waals surface area contributed by atoms with Crippen molar-refractivity contribution < 1.29 is 4.74 Å². The highest BCUT2D eigenvalue weighted by molar-refractivity contribution is 4.94. The molecule has 1 heterocycles. The van der Waals surface area contributed by atoms with Gasteiger partial charge < -0.3 is 4.74 Å². The molecule has 0 aromatic carbocycles. The largest absolute Gasteiger partial charge is 0.381 e. The van der Waals surface area contributed by atoms with Crippen LogP contribution >= 0.6 is 0 Å². The molecule has 0 saturated carbocycles. The lowest BCUT2D eigenvalue weighted by atomic mass is 9.88. The third kappa shape index (κ3) is 3.46. The smallest absolute Gasteiger partial charge is 0.0469 e. The molecule has 1 fully saturated rings. The summed E-state index contributed by atoms with van der Waals surface area (Å²) >= 11 is 0. The van der Waals surface area contributed by atoms with Gasteiger partial charge in [0.25, 0.3) is 0 Å². The van der Waals surface area contributed by atoms with Crippen molar-refractivity contribution >= 4 is 0 Å². The van der Waals surface area contributed by atoms with Crippen LogP contribution in [0, 0.1) is 5.92 Å². The molecule has 1 rings (SSSR count). The maximum atomic E-state index is 5.52. The highest BCUT2D eigenvalue weighted by Gasteiger charge is 2.22. The van der Waals surface area contributed by atoms with Gasteiger partial charge in [0, 0.05) is 19.3 Å². The van der Waals surface area contributed by atoms with Gasteiger partial charge in [-0.25, -0.2) is 0 Å². The number of hydrazine groups is 1. The fraction of sp³-hybridized carbons (Fsp3) is 0.800. The molecule has 1 unspecified atom stereocenters. The van der Waals surface area contributed by atoms with Gasteiger partial charge in [-0.3, -0.25) is 11.3 Å². The zero-order valence-corrected chi connectivity index (χ0v) is 8.38. The van der Waals surface area contributed by atoms with Gasteiger partial charge in [-0.05, 0) is 32.1 Å². The average molecular weight is 184 g/mol. The first-order chi connectivity index (χ1) is 6.24. The second kappa shape index (κ2) is 5.37. The molecule has 0 radical (unpaired) electrons. The minimum absolute atomic E-state index is 0.376. The fourth-order valence-electron chi connectivity index (χ4n) is 1.86. The summed E-state index contributed by atoms with van der Waals surface area (Å²) in [6, 6.07) is 0.376. The van der Waals surface area contributed by atoms with Crippen LogP contribution in [0.25, 0.3) is 0 Å². The molecule has 0 aromatic heterocycles. The Balaban J connectivity index is 2.39. The third-order valence-corrected chi connectivity index (χ3v) is 2.62. The van der Waals surface area contributed by atoms with Gasteiger partial charge in [0.15, 0.2) is 0 Å². The Bertz CT molecular complexity index is 164. The lowest BCUT2D eigenvalue weighted by molar-refractivity contribution is 0.0538. The standard InChI is InChI=1S/C10H20N2O/c1-8(2)7-10(12-11)9-3-5-13-6-4-9/h9-10,12H,1,3-7,11H2,2H3. The van der Waals surface area contributed by atoms with E-state index in [0.717, 1.165) is 32.5 Å². The van der Waals surface area contributed by atoms with Crippen LogP contribution in [-0.2, 0) is 4.74 Å². The Hall–Kier alpha value is -0.380. The Morgan fingerprint density at radius 1 is 1.62 bits per heavy atom. The van der Waals surface area contributed by atoms with Crippen molar-refractivity contribution in [3.8, 4) is 0 Å². The van der Waals surface area contributed by atoms with E-state index in [9.17, 15) is 0 Å². The summed E-state index contributed by atoms with van der Waals surface area (Å²) in [6.45, 7) is 7.70.